The van der Waals surface area contributed by atoms with Gasteiger partial charge in [0.2, 0.25) is 0 Å². The Morgan fingerprint density at radius 3 is 2.55 bits per heavy atom. The van der Waals surface area contributed by atoms with E-state index in [1.54, 1.807) is 35.6 Å². The number of carbonyl (C=O) groups is 1. The Balaban J connectivity index is 1.60. The van der Waals surface area contributed by atoms with Crippen LogP contribution in [0, 0.1) is 0 Å². The molecule has 7 heteroatoms. The van der Waals surface area contributed by atoms with Crippen LogP contribution in [-0.2, 0) is 5.41 Å². The Morgan fingerprint density at radius 1 is 1.12 bits per heavy atom. The van der Waals surface area contributed by atoms with E-state index >= 15 is 0 Å². The summed E-state index contributed by atoms with van der Waals surface area (Å²) >= 11 is 6.58. The number of rotatable bonds is 5. The summed E-state index contributed by atoms with van der Waals surface area (Å²) in [5, 5.41) is 10.1. The van der Waals surface area contributed by atoms with E-state index in [-0.39, 0.29) is 12.0 Å². The normalized spacial score (nSPS) is 15.0. The highest BCUT2D eigenvalue weighted by molar-refractivity contribution is 6.33. The van der Waals surface area contributed by atoms with Crippen LogP contribution in [0.2, 0.25) is 5.02 Å². The third-order valence-corrected chi connectivity index (χ3v) is 6.45. The second-order valence-corrected chi connectivity index (χ2v) is 9.53. The van der Waals surface area contributed by atoms with Gasteiger partial charge in [-0.25, -0.2) is 0 Å². The van der Waals surface area contributed by atoms with Crippen molar-refractivity contribution in [1.29, 1.82) is 0 Å². The SMILES string of the molecule is CC(C)(CF)c1cc(-c2cncc(-c3ccc(C(=O)N4CCC(O)CC4)cc3Cl)c2)ccn1. The topological polar surface area (TPSA) is 66.3 Å². The first kappa shape index (κ1) is 23.3. The molecule has 0 aliphatic carbocycles. The van der Waals surface area contributed by atoms with E-state index in [0.29, 0.717) is 42.2 Å². The van der Waals surface area contributed by atoms with Gasteiger partial charge in [-0.1, -0.05) is 31.5 Å². The molecule has 1 N–H and O–H groups in total. The molecule has 1 amide bonds. The number of amides is 1. The summed E-state index contributed by atoms with van der Waals surface area (Å²) in [4.78, 5) is 23.3. The van der Waals surface area contributed by atoms with Gasteiger partial charge in [0.15, 0.2) is 0 Å². The Hall–Kier alpha value is -2.83. The summed E-state index contributed by atoms with van der Waals surface area (Å²) in [5.41, 5.74) is 3.89. The van der Waals surface area contributed by atoms with Crippen LogP contribution in [-0.4, -0.2) is 51.7 Å². The summed E-state index contributed by atoms with van der Waals surface area (Å²) in [5.74, 6) is -0.0815. The molecule has 3 heterocycles. The molecule has 3 aromatic rings. The average molecular weight is 468 g/mol. The molecule has 1 saturated heterocycles. The molecule has 4 rings (SSSR count). The van der Waals surface area contributed by atoms with Gasteiger partial charge in [-0.15, -0.1) is 0 Å². The summed E-state index contributed by atoms with van der Waals surface area (Å²) in [7, 11) is 0. The molecule has 0 spiro atoms. The largest absolute Gasteiger partial charge is 0.393 e. The monoisotopic (exact) mass is 467 g/mol. The lowest BCUT2D eigenvalue weighted by molar-refractivity contribution is 0.0546. The Labute approximate surface area is 198 Å². The molecule has 5 nitrogen and oxygen atoms in total. The van der Waals surface area contributed by atoms with Crippen molar-refractivity contribution in [1.82, 2.24) is 14.9 Å². The van der Waals surface area contributed by atoms with Gasteiger partial charge >= 0.3 is 0 Å². The average Bonchev–Trinajstić information content (AvgIpc) is 2.84. The van der Waals surface area contributed by atoms with Gasteiger partial charge in [-0.3, -0.25) is 19.2 Å². The van der Waals surface area contributed by atoms with Crippen molar-refractivity contribution in [3.05, 3.63) is 71.3 Å². The van der Waals surface area contributed by atoms with Crippen molar-refractivity contribution in [2.75, 3.05) is 19.8 Å². The van der Waals surface area contributed by atoms with Gasteiger partial charge in [-0.05, 0) is 48.7 Å². The highest BCUT2D eigenvalue weighted by Gasteiger charge is 2.24. The number of hydrogen-bond acceptors (Lipinski definition) is 4. The molecule has 0 atom stereocenters. The quantitative estimate of drug-likeness (QED) is 0.552. The first-order valence-corrected chi connectivity index (χ1v) is 11.4. The van der Waals surface area contributed by atoms with Gasteiger partial charge in [0, 0.05) is 70.1 Å². The molecule has 33 heavy (non-hydrogen) atoms. The molecule has 1 aliphatic heterocycles. The number of pyridine rings is 2. The first-order valence-electron chi connectivity index (χ1n) is 11.0. The number of benzene rings is 1. The summed E-state index contributed by atoms with van der Waals surface area (Å²) in [6.45, 7) is 4.22. The number of alkyl halides is 1. The van der Waals surface area contributed by atoms with Gasteiger partial charge in [0.05, 0.1) is 6.10 Å². The van der Waals surface area contributed by atoms with Crippen molar-refractivity contribution < 1.29 is 14.3 Å². The second kappa shape index (κ2) is 9.57. The van der Waals surface area contributed by atoms with Crippen LogP contribution in [0.5, 0.6) is 0 Å². The van der Waals surface area contributed by atoms with Crippen LogP contribution < -0.4 is 0 Å². The first-order chi connectivity index (χ1) is 15.8. The van der Waals surface area contributed by atoms with E-state index in [0.717, 1.165) is 22.3 Å². The number of likely N-dealkylation sites (tertiary alicyclic amines) is 1. The number of piperidine rings is 1. The maximum atomic E-state index is 13.4. The number of aliphatic hydroxyl groups is 1. The Morgan fingerprint density at radius 2 is 1.85 bits per heavy atom. The standard InChI is InChI=1S/C26H27ClFN3O2/c1-26(2,16-28)24-13-17(5-8-30-24)19-11-20(15-29-14-19)22-4-3-18(12-23(22)27)25(33)31-9-6-21(32)7-10-31/h3-5,8,11-15,21,32H,6-7,9-10,16H2,1-2H3. The van der Waals surface area contributed by atoms with Crippen LogP contribution >= 0.6 is 11.6 Å². The summed E-state index contributed by atoms with van der Waals surface area (Å²) in [6.07, 6.45) is 6.01. The lowest BCUT2D eigenvalue weighted by Crippen LogP contribution is -2.40. The van der Waals surface area contributed by atoms with Crippen molar-refractivity contribution in [3.63, 3.8) is 0 Å². The minimum Gasteiger partial charge on any atom is -0.393 e. The smallest absolute Gasteiger partial charge is 0.253 e. The molecule has 1 fully saturated rings. The van der Waals surface area contributed by atoms with E-state index in [2.05, 4.69) is 9.97 Å². The maximum Gasteiger partial charge on any atom is 0.253 e. The van der Waals surface area contributed by atoms with Crippen LogP contribution in [0.3, 0.4) is 0 Å². The molecule has 1 aromatic carbocycles. The fourth-order valence-corrected chi connectivity index (χ4v) is 4.22. The molecule has 0 unspecified atom stereocenters. The number of hydrogen-bond donors (Lipinski definition) is 1. The predicted octanol–water partition coefficient (Wildman–Crippen LogP) is 5.31. The van der Waals surface area contributed by atoms with Crippen molar-refractivity contribution in [2.45, 2.75) is 38.2 Å². The Bertz CT molecular complexity index is 1160. The number of carbonyl (C=O) groups excluding carboxylic acids is 1. The lowest BCUT2D eigenvalue weighted by atomic mass is 9.89. The van der Waals surface area contributed by atoms with E-state index in [4.69, 9.17) is 11.6 Å². The van der Waals surface area contributed by atoms with Crippen molar-refractivity contribution >= 4 is 17.5 Å². The van der Waals surface area contributed by atoms with E-state index in [1.807, 2.05) is 38.1 Å². The van der Waals surface area contributed by atoms with Gasteiger partial charge in [-0.2, -0.15) is 0 Å². The summed E-state index contributed by atoms with van der Waals surface area (Å²) in [6, 6.07) is 11.0. The third-order valence-electron chi connectivity index (χ3n) is 6.14. The molecule has 0 bridgehead atoms. The zero-order chi connectivity index (χ0) is 23.6. The zero-order valence-corrected chi connectivity index (χ0v) is 19.5. The molecule has 0 saturated carbocycles. The fraction of sp³-hybridized carbons (Fsp3) is 0.346. The fourth-order valence-electron chi connectivity index (χ4n) is 3.93. The molecule has 2 aromatic heterocycles. The molecule has 1 aliphatic rings. The van der Waals surface area contributed by atoms with E-state index < -0.39 is 12.1 Å². The van der Waals surface area contributed by atoms with Crippen LogP contribution in [0.15, 0.2) is 55.0 Å². The van der Waals surface area contributed by atoms with Crippen LogP contribution in [0.1, 0.15) is 42.7 Å². The van der Waals surface area contributed by atoms with Gasteiger partial charge in [0.25, 0.3) is 5.91 Å². The number of halogens is 2. The molecule has 0 radical (unpaired) electrons. The predicted molar refractivity (Wildman–Crippen MR) is 128 cm³/mol. The highest BCUT2D eigenvalue weighted by Crippen LogP contribution is 2.33. The number of aliphatic hydroxyl groups excluding tert-OH is 1. The Kier molecular flexibility index (Phi) is 6.77. The zero-order valence-electron chi connectivity index (χ0n) is 18.8. The van der Waals surface area contributed by atoms with Crippen molar-refractivity contribution in [3.8, 4) is 22.3 Å². The minimum absolute atomic E-state index is 0.0815. The number of nitrogens with zero attached hydrogens (tertiary/aromatic N) is 3. The second-order valence-electron chi connectivity index (χ2n) is 9.13. The van der Waals surface area contributed by atoms with Crippen LogP contribution in [0.25, 0.3) is 22.3 Å². The highest BCUT2D eigenvalue weighted by atomic mass is 35.5. The number of aromatic nitrogens is 2. The van der Waals surface area contributed by atoms with Gasteiger partial charge in [0.1, 0.15) is 6.67 Å². The maximum absolute atomic E-state index is 13.4. The molecular weight excluding hydrogens is 441 g/mol. The van der Waals surface area contributed by atoms with E-state index in [9.17, 15) is 14.3 Å². The lowest BCUT2D eigenvalue weighted by Gasteiger charge is -2.29. The summed E-state index contributed by atoms with van der Waals surface area (Å²) < 4.78 is 13.4. The van der Waals surface area contributed by atoms with Crippen LogP contribution in [0.4, 0.5) is 4.39 Å². The van der Waals surface area contributed by atoms with E-state index in [1.165, 1.54) is 0 Å². The minimum atomic E-state index is -0.667. The molecular formula is C26H27ClFN3O2. The van der Waals surface area contributed by atoms with Gasteiger partial charge < -0.3 is 10.0 Å². The third kappa shape index (κ3) is 5.07. The van der Waals surface area contributed by atoms with Crippen molar-refractivity contribution in [2.24, 2.45) is 0 Å². The molecule has 172 valence electrons.